The van der Waals surface area contributed by atoms with E-state index in [0.29, 0.717) is 5.92 Å². The largest absolute Gasteiger partial charge is 0.387 e. The summed E-state index contributed by atoms with van der Waals surface area (Å²) in [6, 6.07) is 0. The predicted molar refractivity (Wildman–Crippen MR) is 62.6 cm³/mol. The summed E-state index contributed by atoms with van der Waals surface area (Å²) in [5.74, 6) is 1.56. The second kappa shape index (κ2) is 6.86. The van der Waals surface area contributed by atoms with Crippen LogP contribution in [0.5, 0.6) is 0 Å². The molecule has 82 valence electrons. The van der Waals surface area contributed by atoms with E-state index < -0.39 is 0 Å². The van der Waals surface area contributed by atoms with Crippen LogP contribution < -0.4 is 5.73 Å². The van der Waals surface area contributed by atoms with E-state index in [1.165, 1.54) is 51.4 Å². The van der Waals surface area contributed by atoms with Crippen molar-refractivity contribution in [2.75, 3.05) is 6.54 Å². The normalized spacial score (nSPS) is 17.4. The Labute approximate surface area is 88.0 Å². The summed E-state index contributed by atoms with van der Waals surface area (Å²) in [7, 11) is 0. The fraction of sp³-hybridized carbons (Fsp3) is 0.917. The Morgan fingerprint density at radius 1 is 1.14 bits per heavy atom. The lowest BCUT2D eigenvalue weighted by atomic mass is 10.1. The van der Waals surface area contributed by atoms with Crippen molar-refractivity contribution in [2.45, 2.75) is 58.3 Å². The Balaban J connectivity index is 1.86. The van der Waals surface area contributed by atoms with Gasteiger partial charge in [-0.1, -0.05) is 39.0 Å². The average molecular weight is 196 g/mol. The Morgan fingerprint density at radius 3 is 2.43 bits per heavy atom. The van der Waals surface area contributed by atoms with Gasteiger partial charge in [0.2, 0.25) is 0 Å². The van der Waals surface area contributed by atoms with Crippen molar-refractivity contribution in [1.29, 1.82) is 0 Å². The molecule has 1 aliphatic carbocycles. The van der Waals surface area contributed by atoms with E-state index in [4.69, 9.17) is 5.73 Å². The molecule has 0 aromatic carbocycles. The Bertz CT molecular complexity index is 171. The van der Waals surface area contributed by atoms with E-state index in [0.717, 1.165) is 12.4 Å². The molecule has 1 rings (SSSR count). The number of nitrogens with two attached hydrogens (primary N) is 1. The lowest BCUT2D eigenvalue weighted by Crippen LogP contribution is -2.14. The fourth-order valence-electron chi connectivity index (χ4n) is 1.61. The highest BCUT2D eigenvalue weighted by molar-refractivity contribution is 5.84. The summed E-state index contributed by atoms with van der Waals surface area (Å²) in [6.07, 6.45) is 10.5. The molecule has 0 aromatic heterocycles. The molecule has 0 aliphatic heterocycles. The second-order valence-electron chi connectivity index (χ2n) is 4.35. The van der Waals surface area contributed by atoms with E-state index in [-0.39, 0.29) is 0 Å². The highest BCUT2D eigenvalue weighted by atomic mass is 14.9. The minimum absolute atomic E-state index is 0.648. The van der Waals surface area contributed by atoms with Crippen LogP contribution in [0.3, 0.4) is 0 Å². The number of unbranched alkanes of at least 4 members (excludes halogenated alkanes) is 5. The van der Waals surface area contributed by atoms with E-state index in [1.807, 2.05) is 0 Å². The molecule has 0 bridgehead atoms. The topological polar surface area (TPSA) is 38.4 Å². The van der Waals surface area contributed by atoms with Crippen molar-refractivity contribution < 1.29 is 0 Å². The van der Waals surface area contributed by atoms with Crippen LogP contribution in [0, 0.1) is 5.92 Å². The zero-order chi connectivity index (χ0) is 10.2. The summed E-state index contributed by atoms with van der Waals surface area (Å²) in [6.45, 7) is 3.20. The van der Waals surface area contributed by atoms with Gasteiger partial charge in [-0.2, -0.15) is 0 Å². The monoisotopic (exact) mass is 196 g/mol. The van der Waals surface area contributed by atoms with Gasteiger partial charge < -0.3 is 5.73 Å². The molecule has 2 nitrogen and oxygen atoms in total. The van der Waals surface area contributed by atoms with Crippen LogP contribution in [-0.4, -0.2) is 12.4 Å². The Hall–Kier alpha value is -0.530. The Morgan fingerprint density at radius 2 is 1.79 bits per heavy atom. The van der Waals surface area contributed by atoms with Crippen LogP contribution >= 0.6 is 0 Å². The summed E-state index contributed by atoms with van der Waals surface area (Å²) in [5.41, 5.74) is 5.79. The van der Waals surface area contributed by atoms with Crippen LogP contribution in [0.2, 0.25) is 0 Å². The average Bonchev–Trinajstić information content (AvgIpc) is 2.99. The first-order valence-electron chi connectivity index (χ1n) is 6.14. The van der Waals surface area contributed by atoms with E-state index in [1.54, 1.807) is 0 Å². The Kier molecular flexibility index (Phi) is 5.65. The van der Waals surface area contributed by atoms with Crippen molar-refractivity contribution in [3.63, 3.8) is 0 Å². The van der Waals surface area contributed by atoms with Crippen molar-refractivity contribution in [1.82, 2.24) is 0 Å². The fourth-order valence-corrected chi connectivity index (χ4v) is 1.61. The molecule has 0 atom stereocenters. The van der Waals surface area contributed by atoms with Gasteiger partial charge in [-0.25, -0.2) is 0 Å². The smallest absolute Gasteiger partial charge is 0.0968 e. The number of amidine groups is 1. The molecule has 1 saturated carbocycles. The molecule has 0 saturated heterocycles. The molecule has 1 aliphatic rings. The lowest BCUT2D eigenvalue weighted by molar-refractivity contribution is 0.612. The van der Waals surface area contributed by atoms with Crippen molar-refractivity contribution in [3.05, 3.63) is 0 Å². The summed E-state index contributed by atoms with van der Waals surface area (Å²) < 4.78 is 0. The predicted octanol–water partition coefficient (Wildman–Crippen LogP) is 3.11. The van der Waals surface area contributed by atoms with Gasteiger partial charge in [0.1, 0.15) is 0 Å². The molecular weight excluding hydrogens is 172 g/mol. The van der Waals surface area contributed by atoms with E-state index >= 15 is 0 Å². The quantitative estimate of drug-likeness (QED) is 0.361. The van der Waals surface area contributed by atoms with Crippen molar-refractivity contribution >= 4 is 5.84 Å². The van der Waals surface area contributed by atoms with Gasteiger partial charge in [-0.15, -0.1) is 0 Å². The maximum atomic E-state index is 5.79. The number of rotatable bonds is 8. The number of hydrogen-bond donors (Lipinski definition) is 1. The van der Waals surface area contributed by atoms with Crippen LogP contribution in [-0.2, 0) is 0 Å². The molecule has 0 spiro atoms. The van der Waals surface area contributed by atoms with Gasteiger partial charge in [-0.3, -0.25) is 4.99 Å². The summed E-state index contributed by atoms with van der Waals surface area (Å²) in [4.78, 5) is 4.40. The van der Waals surface area contributed by atoms with Gasteiger partial charge in [0, 0.05) is 12.5 Å². The molecule has 2 heteroatoms. The molecule has 0 heterocycles. The maximum absolute atomic E-state index is 5.79. The molecule has 0 unspecified atom stereocenters. The van der Waals surface area contributed by atoms with Gasteiger partial charge in [0.05, 0.1) is 5.84 Å². The number of aliphatic imine (C=N–C) groups is 1. The maximum Gasteiger partial charge on any atom is 0.0968 e. The van der Waals surface area contributed by atoms with Gasteiger partial charge in [0.25, 0.3) is 0 Å². The summed E-state index contributed by atoms with van der Waals surface area (Å²) >= 11 is 0. The molecule has 14 heavy (non-hydrogen) atoms. The lowest BCUT2D eigenvalue weighted by Gasteiger charge is -1.99. The first kappa shape index (κ1) is 11.5. The summed E-state index contributed by atoms with van der Waals surface area (Å²) in [5, 5.41) is 0. The SMILES string of the molecule is CCCCCCCCN=C(N)C1CC1. The highest BCUT2D eigenvalue weighted by Gasteiger charge is 2.24. The zero-order valence-electron chi connectivity index (χ0n) is 9.47. The standard InChI is InChI=1S/C12H24N2/c1-2-3-4-5-6-7-10-14-12(13)11-8-9-11/h11H,2-10H2,1H3,(H2,13,14). The molecule has 0 radical (unpaired) electrons. The van der Waals surface area contributed by atoms with Gasteiger partial charge >= 0.3 is 0 Å². The van der Waals surface area contributed by atoms with Crippen molar-refractivity contribution in [3.8, 4) is 0 Å². The van der Waals surface area contributed by atoms with Crippen LogP contribution in [0.4, 0.5) is 0 Å². The number of nitrogens with zero attached hydrogens (tertiary/aromatic N) is 1. The van der Waals surface area contributed by atoms with Crippen LogP contribution in [0.25, 0.3) is 0 Å². The van der Waals surface area contributed by atoms with Crippen LogP contribution in [0.1, 0.15) is 58.3 Å². The first-order chi connectivity index (χ1) is 6.84. The third-order valence-electron chi connectivity index (χ3n) is 2.80. The number of hydrogen-bond acceptors (Lipinski definition) is 1. The van der Waals surface area contributed by atoms with E-state index in [9.17, 15) is 0 Å². The first-order valence-corrected chi connectivity index (χ1v) is 6.14. The molecule has 2 N–H and O–H groups in total. The minimum Gasteiger partial charge on any atom is -0.387 e. The molecule has 0 aromatic rings. The zero-order valence-corrected chi connectivity index (χ0v) is 9.47. The second-order valence-corrected chi connectivity index (χ2v) is 4.35. The van der Waals surface area contributed by atoms with Gasteiger partial charge in [0.15, 0.2) is 0 Å². The third kappa shape index (κ3) is 5.25. The molecule has 1 fully saturated rings. The van der Waals surface area contributed by atoms with E-state index in [2.05, 4.69) is 11.9 Å². The van der Waals surface area contributed by atoms with Crippen LogP contribution in [0.15, 0.2) is 4.99 Å². The molecule has 0 amide bonds. The molecular formula is C12H24N2. The minimum atomic E-state index is 0.648. The highest BCUT2D eigenvalue weighted by Crippen LogP contribution is 2.28. The van der Waals surface area contributed by atoms with Gasteiger partial charge in [-0.05, 0) is 19.3 Å². The van der Waals surface area contributed by atoms with Crippen molar-refractivity contribution in [2.24, 2.45) is 16.6 Å². The third-order valence-corrected chi connectivity index (χ3v) is 2.80.